The Balaban J connectivity index is 1.76. The predicted molar refractivity (Wildman–Crippen MR) is 110 cm³/mol. The second kappa shape index (κ2) is 7.61. The molecule has 1 N–H and O–H groups in total. The SMILES string of the molecule is CCCOc1cc(C=c2sc3nc(-c4ccccn4)cn3c2=O)cc(Cl)c1O. The van der Waals surface area contributed by atoms with Crippen molar-refractivity contribution in [1.82, 2.24) is 14.4 Å². The fourth-order valence-corrected chi connectivity index (χ4v) is 3.90. The molecule has 0 unspecified atom stereocenters. The summed E-state index contributed by atoms with van der Waals surface area (Å²) >= 11 is 7.38. The zero-order chi connectivity index (χ0) is 19.7. The molecular weight excluding hydrogens is 398 g/mol. The summed E-state index contributed by atoms with van der Waals surface area (Å²) in [5.41, 5.74) is 1.86. The fourth-order valence-electron chi connectivity index (χ4n) is 2.72. The van der Waals surface area contributed by atoms with Gasteiger partial charge in [-0.15, -0.1) is 0 Å². The Labute approximate surface area is 169 Å². The van der Waals surface area contributed by atoms with Crippen molar-refractivity contribution in [2.24, 2.45) is 0 Å². The minimum Gasteiger partial charge on any atom is -0.503 e. The number of hydrogen-bond donors (Lipinski definition) is 1. The number of fused-ring (bicyclic) bond motifs is 1. The number of rotatable bonds is 5. The second-order valence-corrected chi connectivity index (χ2v) is 7.52. The van der Waals surface area contributed by atoms with Crippen LogP contribution in [0.15, 0.2) is 47.5 Å². The highest BCUT2D eigenvalue weighted by Crippen LogP contribution is 2.35. The lowest BCUT2D eigenvalue weighted by molar-refractivity contribution is 0.299. The van der Waals surface area contributed by atoms with Gasteiger partial charge in [-0.2, -0.15) is 0 Å². The number of ether oxygens (including phenoxy) is 1. The molecule has 142 valence electrons. The molecule has 3 heterocycles. The van der Waals surface area contributed by atoms with Crippen molar-refractivity contribution in [3.05, 3.63) is 68.2 Å². The molecule has 3 aromatic heterocycles. The second-order valence-electron chi connectivity index (χ2n) is 6.11. The number of imidazole rings is 1. The van der Waals surface area contributed by atoms with E-state index in [2.05, 4.69) is 9.97 Å². The predicted octanol–water partition coefficient (Wildman–Crippen LogP) is 3.51. The molecule has 0 saturated carbocycles. The molecule has 0 bridgehead atoms. The van der Waals surface area contributed by atoms with Gasteiger partial charge in [-0.05, 0) is 42.3 Å². The van der Waals surface area contributed by atoms with Gasteiger partial charge in [0, 0.05) is 12.4 Å². The van der Waals surface area contributed by atoms with Crippen molar-refractivity contribution in [3.8, 4) is 22.9 Å². The number of aromatic hydroxyl groups is 1. The quantitative estimate of drug-likeness (QED) is 0.541. The van der Waals surface area contributed by atoms with Gasteiger partial charge in [-0.1, -0.05) is 35.9 Å². The van der Waals surface area contributed by atoms with Crippen molar-refractivity contribution in [2.45, 2.75) is 13.3 Å². The molecule has 0 amide bonds. The van der Waals surface area contributed by atoms with Crippen LogP contribution in [0.1, 0.15) is 18.9 Å². The summed E-state index contributed by atoms with van der Waals surface area (Å²) in [5.74, 6) is 0.197. The molecule has 0 radical (unpaired) electrons. The number of phenolic OH excluding ortho intramolecular Hbond substituents is 1. The molecule has 6 nitrogen and oxygen atoms in total. The molecule has 4 aromatic rings. The van der Waals surface area contributed by atoms with Crippen molar-refractivity contribution >= 4 is 34.0 Å². The highest BCUT2D eigenvalue weighted by molar-refractivity contribution is 7.15. The van der Waals surface area contributed by atoms with Crippen molar-refractivity contribution < 1.29 is 9.84 Å². The zero-order valence-corrected chi connectivity index (χ0v) is 16.5. The summed E-state index contributed by atoms with van der Waals surface area (Å²) in [6, 6.07) is 8.81. The van der Waals surface area contributed by atoms with E-state index in [-0.39, 0.29) is 16.3 Å². The first-order chi connectivity index (χ1) is 13.6. The van der Waals surface area contributed by atoms with Crippen LogP contribution in [0.3, 0.4) is 0 Å². The van der Waals surface area contributed by atoms with E-state index in [0.717, 1.165) is 6.42 Å². The van der Waals surface area contributed by atoms with Crippen molar-refractivity contribution in [1.29, 1.82) is 0 Å². The van der Waals surface area contributed by atoms with Gasteiger partial charge in [0.15, 0.2) is 16.5 Å². The molecule has 0 spiro atoms. The summed E-state index contributed by atoms with van der Waals surface area (Å²) in [5, 5.41) is 10.2. The van der Waals surface area contributed by atoms with Gasteiger partial charge in [0.1, 0.15) is 5.69 Å². The smallest absolute Gasteiger partial charge is 0.274 e. The van der Waals surface area contributed by atoms with E-state index >= 15 is 0 Å². The Morgan fingerprint density at radius 1 is 1.32 bits per heavy atom. The molecule has 4 rings (SSSR count). The third kappa shape index (κ3) is 3.46. The Hall–Kier alpha value is -2.90. The van der Waals surface area contributed by atoms with E-state index in [1.165, 1.54) is 15.7 Å². The zero-order valence-electron chi connectivity index (χ0n) is 14.9. The lowest BCUT2D eigenvalue weighted by atomic mass is 10.2. The third-order valence-corrected chi connectivity index (χ3v) is 5.31. The van der Waals surface area contributed by atoms with Gasteiger partial charge >= 0.3 is 0 Å². The van der Waals surface area contributed by atoms with Crippen LogP contribution in [0.2, 0.25) is 5.02 Å². The van der Waals surface area contributed by atoms with Crippen molar-refractivity contribution in [3.63, 3.8) is 0 Å². The average Bonchev–Trinajstić information content (AvgIpc) is 3.24. The van der Waals surface area contributed by atoms with Crippen LogP contribution in [-0.4, -0.2) is 26.1 Å². The van der Waals surface area contributed by atoms with Crippen LogP contribution in [-0.2, 0) is 0 Å². The molecule has 0 aliphatic heterocycles. The average molecular weight is 414 g/mol. The maximum absolute atomic E-state index is 12.8. The topological polar surface area (TPSA) is 76.7 Å². The third-order valence-electron chi connectivity index (χ3n) is 4.04. The van der Waals surface area contributed by atoms with E-state index < -0.39 is 0 Å². The normalized spacial score (nSPS) is 12.0. The number of thiazole rings is 1. The van der Waals surface area contributed by atoms with Crippen LogP contribution in [0.25, 0.3) is 22.4 Å². The molecule has 1 aromatic carbocycles. The summed E-state index contributed by atoms with van der Waals surface area (Å²) in [4.78, 5) is 22.1. The monoisotopic (exact) mass is 413 g/mol. The number of aromatic nitrogens is 3. The summed E-state index contributed by atoms with van der Waals surface area (Å²) in [7, 11) is 0. The number of phenols is 1. The first kappa shape index (κ1) is 18.5. The van der Waals surface area contributed by atoms with Gasteiger partial charge in [-0.3, -0.25) is 14.2 Å². The van der Waals surface area contributed by atoms with E-state index in [0.29, 0.717) is 38.8 Å². The minimum absolute atomic E-state index is 0.101. The first-order valence-corrected chi connectivity index (χ1v) is 9.86. The molecule has 8 heteroatoms. The minimum atomic E-state index is -0.171. The van der Waals surface area contributed by atoms with Gasteiger partial charge in [-0.25, -0.2) is 4.98 Å². The molecule has 0 atom stereocenters. The van der Waals surface area contributed by atoms with Gasteiger partial charge in [0.05, 0.1) is 21.9 Å². The van der Waals surface area contributed by atoms with E-state index in [1.54, 1.807) is 30.6 Å². The Kier molecular flexibility index (Phi) is 5.02. The van der Waals surface area contributed by atoms with E-state index in [9.17, 15) is 9.90 Å². The molecular formula is C20H16ClN3O3S. The van der Waals surface area contributed by atoms with Gasteiger partial charge in [0.25, 0.3) is 5.56 Å². The number of benzene rings is 1. The maximum Gasteiger partial charge on any atom is 0.274 e. The molecule has 28 heavy (non-hydrogen) atoms. The van der Waals surface area contributed by atoms with Gasteiger partial charge < -0.3 is 9.84 Å². The highest BCUT2D eigenvalue weighted by Gasteiger charge is 2.12. The van der Waals surface area contributed by atoms with E-state index in [4.69, 9.17) is 16.3 Å². The number of hydrogen-bond acceptors (Lipinski definition) is 6. The van der Waals surface area contributed by atoms with Crippen LogP contribution < -0.4 is 14.8 Å². The standard InChI is InChI=1S/C20H16ClN3O3S/c1-2-7-27-16-9-12(8-13(21)18(16)25)10-17-19(26)24-11-15(23-20(24)28-17)14-5-3-4-6-22-14/h3-6,8-11,25H,2,7H2,1H3. The first-order valence-electron chi connectivity index (χ1n) is 8.67. The Bertz CT molecular complexity index is 1250. The molecule has 0 aliphatic rings. The Morgan fingerprint density at radius 2 is 2.18 bits per heavy atom. The summed E-state index contributed by atoms with van der Waals surface area (Å²) in [6.07, 6.45) is 5.89. The van der Waals surface area contributed by atoms with E-state index in [1.807, 2.05) is 25.1 Å². The maximum atomic E-state index is 12.8. The Morgan fingerprint density at radius 3 is 2.89 bits per heavy atom. The lowest BCUT2D eigenvalue weighted by Gasteiger charge is -2.09. The van der Waals surface area contributed by atoms with Crippen molar-refractivity contribution in [2.75, 3.05) is 6.61 Å². The number of nitrogens with zero attached hydrogens (tertiary/aromatic N) is 3. The van der Waals surface area contributed by atoms with Gasteiger partial charge in [0.2, 0.25) is 0 Å². The molecule has 0 fully saturated rings. The van der Waals surface area contributed by atoms with Crippen LogP contribution >= 0.6 is 22.9 Å². The van der Waals surface area contributed by atoms with Crippen LogP contribution in [0.4, 0.5) is 0 Å². The number of pyridine rings is 1. The number of halogens is 1. The van der Waals surface area contributed by atoms with Crippen LogP contribution in [0, 0.1) is 0 Å². The summed E-state index contributed by atoms with van der Waals surface area (Å²) in [6.45, 7) is 2.43. The molecule has 0 saturated heterocycles. The summed E-state index contributed by atoms with van der Waals surface area (Å²) < 4.78 is 7.55. The molecule has 0 aliphatic carbocycles. The highest BCUT2D eigenvalue weighted by atomic mass is 35.5. The van der Waals surface area contributed by atoms with Crippen LogP contribution in [0.5, 0.6) is 11.5 Å². The lowest BCUT2D eigenvalue weighted by Crippen LogP contribution is -2.22. The fraction of sp³-hybridized carbons (Fsp3) is 0.150. The largest absolute Gasteiger partial charge is 0.503 e.